The maximum absolute atomic E-state index is 12.8. The highest BCUT2D eigenvalue weighted by Crippen LogP contribution is 2.25. The second-order valence-corrected chi connectivity index (χ2v) is 8.95. The summed E-state index contributed by atoms with van der Waals surface area (Å²) in [7, 11) is 0.782. The Morgan fingerprint density at radius 2 is 1.93 bits per heavy atom. The van der Waals surface area contributed by atoms with Gasteiger partial charge in [0, 0.05) is 48.7 Å². The maximum atomic E-state index is 12.8. The summed E-state index contributed by atoms with van der Waals surface area (Å²) in [6.45, 7) is 2.92. The SMILES string of the molecule is COC1CCN(CCc2coc3ccccc23)CC1CS(=O)c1ccccc1. The molecule has 0 N–H and O–H groups in total. The largest absolute Gasteiger partial charge is 0.464 e. The van der Waals surface area contributed by atoms with Crippen LogP contribution in [-0.4, -0.2) is 47.7 Å². The highest BCUT2D eigenvalue weighted by Gasteiger charge is 2.30. The summed E-state index contributed by atoms with van der Waals surface area (Å²) in [5.74, 6) is 0.925. The van der Waals surface area contributed by atoms with Gasteiger partial charge < -0.3 is 14.1 Å². The van der Waals surface area contributed by atoms with Crippen LogP contribution in [0.4, 0.5) is 0 Å². The Morgan fingerprint density at radius 3 is 2.75 bits per heavy atom. The molecule has 1 fully saturated rings. The standard InChI is InChI=1S/C23H27NO3S/c1-26-22-12-14-24(13-11-18-16-27-23-10-6-5-9-21(18)23)15-19(22)17-28(25)20-7-3-2-4-8-20/h2-10,16,19,22H,11-15,17H2,1H3. The molecule has 148 valence electrons. The van der Waals surface area contributed by atoms with Gasteiger partial charge in [0.2, 0.25) is 0 Å². The summed E-state index contributed by atoms with van der Waals surface area (Å²) < 4.78 is 24.2. The van der Waals surface area contributed by atoms with E-state index in [2.05, 4.69) is 17.0 Å². The molecule has 3 unspecified atom stereocenters. The summed E-state index contributed by atoms with van der Waals surface area (Å²) >= 11 is 0. The number of piperidine rings is 1. The minimum Gasteiger partial charge on any atom is -0.464 e. The molecule has 1 saturated heterocycles. The van der Waals surface area contributed by atoms with Gasteiger partial charge in [-0.1, -0.05) is 36.4 Å². The number of hydrogen-bond donors (Lipinski definition) is 0. The Kier molecular flexibility index (Phi) is 6.25. The van der Waals surface area contributed by atoms with Crippen molar-refractivity contribution in [1.29, 1.82) is 0 Å². The normalized spacial score (nSPS) is 21.8. The van der Waals surface area contributed by atoms with Crippen LogP contribution < -0.4 is 0 Å². The number of methoxy groups -OCH3 is 1. The van der Waals surface area contributed by atoms with Gasteiger partial charge in [-0.2, -0.15) is 0 Å². The smallest absolute Gasteiger partial charge is 0.134 e. The summed E-state index contributed by atoms with van der Waals surface area (Å²) in [4.78, 5) is 3.38. The van der Waals surface area contributed by atoms with E-state index in [4.69, 9.17) is 9.15 Å². The van der Waals surface area contributed by atoms with Gasteiger partial charge in [0.25, 0.3) is 0 Å². The van der Waals surface area contributed by atoms with E-state index in [0.29, 0.717) is 5.75 Å². The van der Waals surface area contributed by atoms with Crippen molar-refractivity contribution < 1.29 is 13.4 Å². The Balaban J connectivity index is 1.38. The van der Waals surface area contributed by atoms with E-state index >= 15 is 0 Å². The molecule has 0 bridgehead atoms. The lowest BCUT2D eigenvalue weighted by Crippen LogP contribution is -2.46. The first-order valence-electron chi connectivity index (χ1n) is 9.88. The number of rotatable bonds is 7. The average Bonchev–Trinajstić information content (AvgIpc) is 3.16. The van der Waals surface area contributed by atoms with Crippen LogP contribution in [0.15, 0.2) is 70.2 Å². The fourth-order valence-corrected chi connectivity index (χ4v) is 5.49. The Hall–Kier alpha value is -1.95. The zero-order valence-corrected chi connectivity index (χ0v) is 17.1. The van der Waals surface area contributed by atoms with Crippen molar-refractivity contribution in [3.8, 4) is 0 Å². The number of ether oxygens (including phenoxy) is 1. The quantitative estimate of drug-likeness (QED) is 0.601. The molecule has 4 nitrogen and oxygen atoms in total. The van der Waals surface area contributed by atoms with Crippen molar-refractivity contribution >= 4 is 21.8 Å². The first-order valence-corrected chi connectivity index (χ1v) is 11.2. The van der Waals surface area contributed by atoms with Gasteiger partial charge in [-0.05, 0) is 36.6 Å². The fourth-order valence-electron chi connectivity index (χ4n) is 4.13. The monoisotopic (exact) mass is 397 g/mol. The number of likely N-dealkylation sites (tertiary alicyclic amines) is 1. The number of fused-ring (bicyclic) bond motifs is 1. The molecular weight excluding hydrogens is 370 g/mol. The van der Waals surface area contributed by atoms with Crippen LogP contribution in [0.25, 0.3) is 11.0 Å². The van der Waals surface area contributed by atoms with Gasteiger partial charge in [0.1, 0.15) is 5.58 Å². The van der Waals surface area contributed by atoms with Crippen molar-refractivity contribution in [3.05, 3.63) is 66.4 Å². The Labute approximate surface area is 168 Å². The van der Waals surface area contributed by atoms with Crippen LogP contribution in [0.3, 0.4) is 0 Å². The summed E-state index contributed by atoms with van der Waals surface area (Å²) in [6.07, 6.45) is 4.01. The first-order chi connectivity index (χ1) is 13.7. The van der Waals surface area contributed by atoms with Crippen LogP contribution in [0.2, 0.25) is 0 Å². The number of para-hydroxylation sites is 1. The Bertz CT molecular complexity index is 924. The molecule has 28 heavy (non-hydrogen) atoms. The molecule has 4 rings (SSSR count). The molecule has 1 aliphatic rings. The first kappa shape index (κ1) is 19.4. The second-order valence-electron chi connectivity index (χ2n) is 7.46. The van der Waals surface area contributed by atoms with Crippen LogP contribution in [-0.2, 0) is 22.0 Å². The molecule has 2 heterocycles. The molecule has 0 spiro atoms. The van der Waals surface area contributed by atoms with Crippen LogP contribution in [0.1, 0.15) is 12.0 Å². The third kappa shape index (κ3) is 4.37. The molecule has 0 aliphatic carbocycles. The lowest BCUT2D eigenvalue weighted by Gasteiger charge is -2.37. The second kappa shape index (κ2) is 9.03. The van der Waals surface area contributed by atoms with Gasteiger partial charge >= 0.3 is 0 Å². The van der Waals surface area contributed by atoms with E-state index in [9.17, 15) is 4.21 Å². The fraction of sp³-hybridized carbons (Fsp3) is 0.391. The average molecular weight is 398 g/mol. The summed E-state index contributed by atoms with van der Waals surface area (Å²) in [5.41, 5.74) is 2.21. The van der Waals surface area contributed by atoms with Crippen LogP contribution in [0, 0.1) is 5.92 Å². The molecule has 1 aromatic heterocycles. The van der Waals surface area contributed by atoms with Gasteiger partial charge in [-0.15, -0.1) is 0 Å². The molecule has 0 saturated carbocycles. The van der Waals surface area contributed by atoms with Crippen molar-refractivity contribution in [2.45, 2.75) is 23.8 Å². The predicted octanol–water partition coefficient (Wildman–Crippen LogP) is 4.12. The lowest BCUT2D eigenvalue weighted by atomic mass is 9.96. The maximum Gasteiger partial charge on any atom is 0.134 e. The van der Waals surface area contributed by atoms with Crippen molar-refractivity contribution in [2.24, 2.45) is 5.92 Å². The molecule has 2 aromatic carbocycles. The van der Waals surface area contributed by atoms with E-state index < -0.39 is 10.8 Å². The number of benzene rings is 2. The van der Waals surface area contributed by atoms with E-state index in [1.807, 2.05) is 48.7 Å². The topological polar surface area (TPSA) is 42.7 Å². The lowest BCUT2D eigenvalue weighted by molar-refractivity contribution is 0.00241. The minimum absolute atomic E-state index is 0.179. The van der Waals surface area contributed by atoms with Gasteiger partial charge in [0.15, 0.2) is 0 Å². The van der Waals surface area contributed by atoms with E-state index in [0.717, 1.165) is 43.0 Å². The third-order valence-corrected chi connectivity index (χ3v) is 7.21. The van der Waals surface area contributed by atoms with Gasteiger partial charge in [-0.3, -0.25) is 4.21 Å². The van der Waals surface area contributed by atoms with E-state index in [-0.39, 0.29) is 12.0 Å². The van der Waals surface area contributed by atoms with Crippen LogP contribution >= 0.6 is 0 Å². The number of furan rings is 1. The van der Waals surface area contributed by atoms with Crippen molar-refractivity contribution in [2.75, 3.05) is 32.5 Å². The number of hydrogen-bond acceptors (Lipinski definition) is 4. The highest BCUT2D eigenvalue weighted by atomic mass is 32.2. The Morgan fingerprint density at radius 1 is 1.14 bits per heavy atom. The zero-order valence-electron chi connectivity index (χ0n) is 16.3. The molecule has 3 atom stereocenters. The van der Waals surface area contributed by atoms with E-state index in [1.54, 1.807) is 7.11 Å². The molecule has 1 aliphatic heterocycles. The van der Waals surface area contributed by atoms with Crippen molar-refractivity contribution in [1.82, 2.24) is 4.90 Å². The molecule has 0 amide bonds. The highest BCUT2D eigenvalue weighted by molar-refractivity contribution is 7.85. The molecule has 3 aromatic rings. The molecule has 5 heteroatoms. The third-order valence-electron chi connectivity index (χ3n) is 5.68. The molecule has 0 radical (unpaired) electrons. The van der Waals surface area contributed by atoms with Gasteiger partial charge in [0.05, 0.1) is 23.2 Å². The van der Waals surface area contributed by atoms with Gasteiger partial charge in [-0.25, -0.2) is 0 Å². The zero-order chi connectivity index (χ0) is 19.3. The van der Waals surface area contributed by atoms with Crippen LogP contribution in [0.5, 0.6) is 0 Å². The van der Waals surface area contributed by atoms with Crippen molar-refractivity contribution in [3.63, 3.8) is 0 Å². The number of nitrogens with zero attached hydrogens (tertiary/aromatic N) is 1. The molecular formula is C23H27NO3S. The minimum atomic E-state index is -0.992. The predicted molar refractivity (Wildman–Crippen MR) is 113 cm³/mol. The summed E-state index contributed by atoms with van der Waals surface area (Å²) in [6, 6.07) is 17.9. The summed E-state index contributed by atoms with van der Waals surface area (Å²) in [5, 5.41) is 1.20. The van der Waals surface area contributed by atoms with E-state index in [1.165, 1.54) is 10.9 Å².